The fraction of sp³-hybridized carbons (Fsp3) is 0.222. The smallest absolute Gasteiger partial charge is 0.285 e. The van der Waals surface area contributed by atoms with E-state index in [9.17, 15) is 14.2 Å². The van der Waals surface area contributed by atoms with E-state index >= 15 is 0 Å². The van der Waals surface area contributed by atoms with Gasteiger partial charge in [-0.25, -0.2) is 0 Å². The number of hydrogen-bond acceptors (Lipinski definition) is 5. The summed E-state index contributed by atoms with van der Waals surface area (Å²) in [5, 5.41) is 0. The van der Waals surface area contributed by atoms with Gasteiger partial charge in [0.15, 0.2) is 0 Å². The van der Waals surface area contributed by atoms with Gasteiger partial charge in [-0.1, -0.05) is 60.7 Å². The van der Waals surface area contributed by atoms with E-state index in [1.165, 1.54) is 0 Å². The Kier molecular flexibility index (Phi) is 9.39. The number of rotatable bonds is 7. The highest BCUT2D eigenvalue weighted by Gasteiger charge is 2.17. The maximum Gasteiger partial charge on any atom is 0.697 e. The van der Waals surface area contributed by atoms with Gasteiger partial charge in [-0.2, -0.15) is 0 Å². The molecule has 2 aromatic carbocycles. The summed E-state index contributed by atoms with van der Waals surface area (Å²) in [7, 11) is -1.83. The van der Waals surface area contributed by atoms with Crippen LogP contribution in [0.15, 0.2) is 60.7 Å². The molecular weight excluding hydrogens is 327 g/mol. The molecule has 126 valence electrons. The van der Waals surface area contributed by atoms with Gasteiger partial charge in [0, 0.05) is 15.7 Å². The summed E-state index contributed by atoms with van der Waals surface area (Å²) in [5.41, 5.74) is 0.854. The van der Waals surface area contributed by atoms with Crippen LogP contribution in [0.1, 0.15) is 34.6 Å². The predicted molar refractivity (Wildman–Crippen MR) is 92.4 cm³/mol. The zero-order valence-electron chi connectivity index (χ0n) is 13.7. The molecule has 0 saturated heterocycles. The summed E-state index contributed by atoms with van der Waals surface area (Å²) in [6.45, 7) is 4.42. The van der Waals surface area contributed by atoms with Crippen molar-refractivity contribution in [1.29, 1.82) is 0 Å². The lowest BCUT2D eigenvalue weighted by atomic mass is 10.0. The molecule has 5 nitrogen and oxygen atoms in total. The molecule has 0 atom stereocenters. The summed E-state index contributed by atoms with van der Waals surface area (Å²) in [5.74, 6) is -0.932. The zero-order valence-corrected chi connectivity index (χ0v) is 14.6. The van der Waals surface area contributed by atoms with Gasteiger partial charge in [0.1, 0.15) is 13.2 Å². The standard InChI is InChI=1S/C14H10O2.C4H10O3P/c15-13(11-7-3-1-4-8-11)14(16)12-9-5-2-6-10-12;1-3-6-8(5)7-4-2/h1-10H;3-4H2,1-2H3/q;+1. The zero-order chi connectivity index (χ0) is 17.8. The number of hydrogen-bond donors (Lipinski definition) is 0. The molecule has 0 radical (unpaired) electrons. The Morgan fingerprint density at radius 2 is 1.08 bits per heavy atom. The van der Waals surface area contributed by atoms with Crippen molar-refractivity contribution in [1.82, 2.24) is 0 Å². The van der Waals surface area contributed by atoms with Crippen LogP contribution in [0.2, 0.25) is 0 Å². The Labute approximate surface area is 142 Å². The van der Waals surface area contributed by atoms with Crippen molar-refractivity contribution in [2.75, 3.05) is 13.2 Å². The molecule has 0 aliphatic rings. The first kappa shape index (κ1) is 19.8. The van der Waals surface area contributed by atoms with E-state index in [2.05, 4.69) is 9.05 Å². The highest BCUT2D eigenvalue weighted by molar-refractivity contribution is 7.33. The third-order valence-electron chi connectivity index (χ3n) is 2.75. The molecule has 24 heavy (non-hydrogen) atoms. The van der Waals surface area contributed by atoms with Gasteiger partial charge in [-0.3, -0.25) is 9.59 Å². The Hall–Kier alpha value is -2.20. The fourth-order valence-electron chi connectivity index (χ4n) is 1.69. The summed E-state index contributed by atoms with van der Waals surface area (Å²) < 4.78 is 19.5. The van der Waals surface area contributed by atoms with Crippen LogP contribution in [0.4, 0.5) is 0 Å². The van der Waals surface area contributed by atoms with Gasteiger partial charge in [0.25, 0.3) is 0 Å². The molecular formula is C18H20O5P+. The van der Waals surface area contributed by atoms with Crippen molar-refractivity contribution in [2.45, 2.75) is 13.8 Å². The van der Waals surface area contributed by atoms with E-state index in [4.69, 9.17) is 0 Å². The minimum atomic E-state index is -1.83. The first-order valence-electron chi connectivity index (χ1n) is 7.52. The van der Waals surface area contributed by atoms with Gasteiger partial charge in [-0.05, 0) is 13.8 Å². The molecule has 0 aliphatic carbocycles. The van der Waals surface area contributed by atoms with Crippen LogP contribution in [0.25, 0.3) is 0 Å². The number of carbonyl (C=O) groups excluding carboxylic acids is 2. The Bertz CT molecular complexity index is 598. The molecule has 0 bridgehead atoms. The molecule has 0 aromatic heterocycles. The van der Waals surface area contributed by atoms with E-state index in [1.54, 1.807) is 62.4 Å². The van der Waals surface area contributed by atoms with Crippen LogP contribution >= 0.6 is 8.25 Å². The van der Waals surface area contributed by atoms with Crippen LogP contribution in [0, 0.1) is 0 Å². The Balaban J connectivity index is 0.000000307. The van der Waals surface area contributed by atoms with Gasteiger partial charge in [0.2, 0.25) is 11.6 Å². The molecule has 0 fully saturated rings. The summed E-state index contributed by atoms with van der Waals surface area (Å²) in [4.78, 5) is 23.6. The predicted octanol–water partition coefficient (Wildman–Crippen LogP) is 4.47. The second-order valence-corrected chi connectivity index (χ2v) is 5.41. The third-order valence-corrected chi connectivity index (χ3v) is 3.69. The van der Waals surface area contributed by atoms with Crippen LogP contribution in [-0.2, 0) is 13.6 Å². The molecule has 0 spiro atoms. The first-order chi connectivity index (χ1) is 11.6. The Morgan fingerprint density at radius 3 is 1.38 bits per heavy atom. The van der Waals surface area contributed by atoms with Crippen molar-refractivity contribution in [3.8, 4) is 0 Å². The summed E-state index contributed by atoms with van der Waals surface area (Å²) >= 11 is 0. The molecule has 6 heteroatoms. The van der Waals surface area contributed by atoms with Crippen molar-refractivity contribution in [2.24, 2.45) is 0 Å². The number of ketones is 2. The largest absolute Gasteiger partial charge is 0.697 e. The molecule has 0 amide bonds. The van der Waals surface area contributed by atoms with E-state index in [0.29, 0.717) is 24.3 Å². The molecule has 0 N–H and O–H groups in total. The minimum Gasteiger partial charge on any atom is -0.285 e. The highest BCUT2D eigenvalue weighted by atomic mass is 31.1. The van der Waals surface area contributed by atoms with Crippen LogP contribution in [0.5, 0.6) is 0 Å². The van der Waals surface area contributed by atoms with E-state index in [1.807, 2.05) is 12.1 Å². The molecule has 0 saturated carbocycles. The van der Waals surface area contributed by atoms with Crippen molar-refractivity contribution in [3.63, 3.8) is 0 Å². The molecule has 0 unspecified atom stereocenters. The quantitative estimate of drug-likeness (QED) is 0.420. The van der Waals surface area contributed by atoms with Crippen molar-refractivity contribution < 1.29 is 23.2 Å². The molecule has 0 heterocycles. The highest BCUT2D eigenvalue weighted by Crippen LogP contribution is 2.21. The average molecular weight is 347 g/mol. The fourth-order valence-corrected chi connectivity index (χ4v) is 2.19. The van der Waals surface area contributed by atoms with E-state index < -0.39 is 19.8 Å². The number of carbonyl (C=O) groups is 2. The Morgan fingerprint density at radius 1 is 0.750 bits per heavy atom. The van der Waals surface area contributed by atoms with Gasteiger partial charge in [0.05, 0.1) is 0 Å². The summed E-state index contributed by atoms with van der Waals surface area (Å²) in [6.07, 6.45) is 0. The second-order valence-electron chi connectivity index (χ2n) is 4.45. The van der Waals surface area contributed by atoms with Gasteiger partial charge < -0.3 is 0 Å². The second kappa shape index (κ2) is 11.4. The lowest BCUT2D eigenvalue weighted by Gasteiger charge is -1.99. The monoisotopic (exact) mass is 347 g/mol. The first-order valence-corrected chi connectivity index (χ1v) is 8.61. The van der Waals surface area contributed by atoms with Crippen LogP contribution in [0.3, 0.4) is 0 Å². The van der Waals surface area contributed by atoms with Gasteiger partial charge in [-0.15, -0.1) is 9.05 Å². The minimum absolute atomic E-state index is 0.427. The SMILES string of the molecule is CCO[P+](=O)OCC.O=C(C(=O)c1ccccc1)c1ccccc1. The molecule has 2 aromatic rings. The average Bonchev–Trinajstić information content (AvgIpc) is 2.63. The van der Waals surface area contributed by atoms with E-state index in [-0.39, 0.29) is 0 Å². The van der Waals surface area contributed by atoms with E-state index in [0.717, 1.165) is 0 Å². The summed E-state index contributed by atoms with van der Waals surface area (Å²) in [6, 6.07) is 17.2. The lowest BCUT2D eigenvalue weighted by Crippen LogP contribution is -2.14. The third kappa shape index (κ3) is 6.92. The maximum absolute atomic E-state index is 11.8. The molecule has 0 aliphatic heterocycles. The maximum atomic E-state index is 11.8. The lowest BCUT2D eigenvalue weighted by molar-refractivity contribution is 0.0817. The molecule has 2 rings (SSSR count). The number of benzene rings is 2. The van der Waals surface area contributed by atoms with Crippen molar-refractivity contribution >= 4 is 19.8 Å². The van der Waals surface area contributed by atoms with Crippen molar-refractivity contribution in [3.05, 3.63) is 71.8 Å². The van der Waals surface area contributed by atoms with Crippen LogP contribution in [-0.4, -0.2) is 24.8 Å². The van der Waals surface area contributed by atoms with Crippen LogP contribution < -0.4 is 0 Å². The number of Topliss-reactive ketones (excluding diaryl/α,β-unsaturated/α-hetero) is 2. The normalized spacial score (nSPS) is 9.58. The topological polar surface area (TPSA) is 69.7 Å². The van der Waals surface area contributed by atoms with Gasteiger partial charge >= 0.3 is 8.25 Å².